The number of methoxy groups -OCH3 is 1. The Morgan fingerprint density at radius 1 is 1.06 bits per heavy atom. The maximum Gasteiger partial charge on any atom is 0.310 e. The standard InChI is InChI=1S/C30H40O3S/c1-5-6-12-33-29(31)17-22-8-7-9-25(16-22)34-26-10-11-28(32-4)27(18-26)30(3)19-23-13-21(2)14-24(15-23)20-30/h7-11,16,18,21,23-24H,5-6,12-15,17,19-20H2,1-4H3. The molecular formula is C30H40O3S. The van der Waals surface area contributed by atoms with Crippen LogP contribution in [0.4, 0.5) is 0 Å². The van der Waals surface area contributed by atoms with Crippen LogP contribution in [-0.4, -0.2) is 19.7 Å². The van der Waals surface area contributed by atoms with Crippen molar-refractivity contribution in [1.82, 2.24) is 0 Å². The summed E-state index contributed by atoms with van der Waals surface area (Å²) in [7, 11) is 1.80. The molecule has 3 nitrogen and oxygen atoms in total. The Balaban J connectivity index is 1.50. The van der Waals surface area contributed by atoms with Gasteiger partial charge in [0.15, 0.2) is 0 Å². The van der Waals surface area contributed by atoms with E-state index >= 15 is 0 Å². The van der Waals surface area contributed by atoms with Crippen LogP contribution in [0.1, 0.15) is 76.8 Å². The molecule has 2 fully saturated rings. The molecule has 2 bridgehead atoms. The largest absolute Gasteiger partial charge is 0.496 e. The minimum atomic E-state index is -0.146. The summed E-state index contributed by atoms with van der Waals surface area (Å²) in [5.74, 6) is 3.41. The number of carbonyl (C=O) groups excluding carboxylic acids is 1. The van der Waals surface area contributed by atoms with E-state index in [9.17, 15) is 4.79 Å². The number of unbranched alkanes of at least 4 members (excludes halogenated alkanes) is 1. The number of ether oxygens (including phenoxy) is 2. The zero-order valence-corrected chi connectivity index (χ0v) is 22.1. The van der Waals surface area contributed by atoms with E-state index in [-0.39, 0.29) is 11.4 Å². The van der Waals surface area contributed by atoms with E-state index in [0.29, 0.717) is 13.0 Å². The fourth-order valence-electron chi connectivity index (χ4n) is 6.43. The van der Waals surface area contributed by atoms with Gasteiger partial charge in [-0.3, -0.25) is 4.79 Å². The van der Waals surface area contributed by atoms with Gasteiger partial charge in [0.05, 0.1) is 20.1 Å². The maximum atomic E-state index is 12.1. The number of benzene rings is 2. The summed E-state index contributed by atoms with van der Waals surface area (Å²) in [5.41, 5.74) is 2.53. The molecule has 0 N–H and O–H groups in total. The van der Waals surface area contributed by atoms with Crippen LogP contribution >= 0.6 is 11.8 Å². The van der Waals surface area contributed by atoms with Gasteiger partial charge in [0.2, 0.25) is 0 Å². The molecule has 0 aliphatic heterocycles. The summed E-state index contributed by atoms with van der Waals surface area (Å²) in [4.78, 5) is 14.5. The van der Waals surface area contributed by atoms with Gasteiger partial charge < -0.3 is 9.47 Å². The van der Waals surface area contributed by atoms with Crippen molar-refractivity contribution in [2.75, 3.05) is 13.7 Å². The first-order chi connectivity index (χ1) is 16.4. The number of carbonyl (C=O) groups is 1. The van der Waals surface area contributed by atoms with Crippen LogP contribution in [0.5, 0.6) is 5.75 Å². The first kappa shape index (κ1) is 25.2. The molecule has 4 rings (SSSR count). The predicted octanol–water partition coefficient (Wildman–Crippen LogP) is 7.84. The van der Waals surface area contributed by atoms with Crippen LogP contribution in [0, 0.1) is 17.8 Å². The van der Waals surface area contributed by atoms with Gasteiger partial charge in [-0.25, -0.2) is 0 Å². The first-order valence-corrected chi connectivity index (χ1v) is 13.8. The van der Waals surface area contributed by atoms with E-state index in [1.54, 1.807) is 18.9 Å². The Labute approximate surface area is 210 Å². The zero-order chi connectivity index (χ0) is 24.1. The van der Waals surface area contributed by atoms with Crippen molar-refractivity contribution >= 4 is 17.7 Å². The minimum absolute atomic E-state index is 0.146. The lowest BCUT2D eigenvalue weighted by Gasteiger charge is -2.48. The average Bonchev–Trinajstić information content (AvgIpc) is 2.78. The Morgan fingerprint density at radius 2 is 1.79 bits per heavy atom. The monoisotopic (exact) mass is 480 g/mol. The van der Waals surface area contributed by atoms with Gasteiger partial charge in [0.25, 0.3) is 0 Å². The molecule has 2 unspecified atom stereocenters. The maximum absolute atomic E-state index is 12.1. The molecule has 2 atom stereocenters. The van der Waals surface area contributed by atoms with Crippen molar-refractivity contribution in [2.24, 2.45) is 17.8 Å². The van der Waals surface area contributed by atoms with E-state index in [2.05, 4.69) is 51.1 Å². The lowest BCUT2D eigenvalue weighted by Crippen LogP contribution is -2.39. The smallest absolute Gasteiger partial charge is 0.310 e. The molecule has 34 heavy (non-hydrogen) atoms. The van der Waals surface area contributed by atoms with Gasteiger partial charge in [-0.05, 0) is 97.6 Å². The molecule has 2 aliphatic carbocycles. The van der Waals surface area contributed by atoms with Crippen molar-refractivity contribution in [1.29, 1.82) is 0 Å². The fraction of sp³-hybridized carbons (Fsp3) is 0.567. The van der Waals surface area contributed by atoms with Gasteiger partial charge in [-0.2, -0.15) is 0 Å². The number of esters is 1. The van der Waals surface area contributed by atoms with Crippen molar-refractivity contribution in [2.45, 2.75) is 87.3 Å². The quantitative estimate of drug-likeness (QED) is 0.270. The number of hydrogen-bond donors (Lipinski definition) is 0. The Hall–Kier alpha value is -1.94. The second kappa shape index (κ2) is 11.2. The third-order valence-corrected chi connectivity index (χ3v) is 8.66. The molecule has 2 aliphatic rings. The van der Waals surface area contributed by atoms with Crippen molar-refractivity contribution in [3.8, 4) is 5.75 Å². The molecular weight excluding hydrogens is 440 g/mol. The number of fused-ring (bicyclic) bond motifs is 2. The normalized spacial score (nSPS) is 26.2. The molecule has 0 aromatic heterocycles. The fourth-order valence-corrected chi connectivity index (χ4v) is 7.38. The van der Waals surface area contributed by atoms with E-state index in [1.165, 1.54) is 42.6 Å². The SMILES string of the molecule is CCCCOC(=O)Cc1cccc(Sc2ccc(OC)c(C3(C)CC4CC(C)CC(C4)C3)c2)c1. The van der Waals surface area contributed by atoms with Gasteiger partial charge >= 0.3 is 5.97 Å². The molecule has 0 saturated heterocycles. The van der Waals surface area contributed by atoms with Crippen molar-refractivity contribution < 1.29 is 14.3 Å². The Bertz CT molecular complexity index is 967. The van der Waals surface area contributed by atoms with Crippen molar-refractivity contribution in [3.05, 3.63) is 53.6 Å². The molecule has 184 valence electrons. The van der Waals surface area contributed by atoms with Crippen LogP contribution in [-0.2, 0) is 21.4 Å². The summed E-state index contributed by atoms with van der Waals surface area (Å²) in [6.45, 7) is 7.50. The van der Waals surface area contributed by atoms with Gasteiger partial charge in [0.1, 0.15) is 5.75 Å². The van der Waals surface area contributed by atoms with Crippen LogP contribution in [0.15, 0.2) is 52.3 Å². The minimum Gasteiger partial charge on any atom is -0.496 e. The summed E-state index contributed by atoms with van der Waals surface area (Å²) in [5, 5.41) is 0. The molecule has 0 heterocycles. The highest BCUT2D eigenvalue weighted by molar-refractivity contribution is 7.99. The van der Waals surface area contributed by atoms with Crippen LogP contribution in [0.2, 0.25) is 0 Å². The first-order valence-electron chi connectivity index (χ1n) is 13.0. The summed E-state index contributed by atoms with van der Waals surface area (Å²) < 4.78 is 11.2. The number of hydrogen-bond acceptors (Lipinski definition) is 4. The predicted molar refractivity (Wildman–Crippen MR) is 140 cm³/mol. The topological polar surface area (TPSA) is 35.5 Å². The summed E-state index contributed by atoms with van der Waals surface area (Å²) in [6, 6.07) is 14.9. The zero-order valence-electron chi connectivity index (χ0n) is 21.3. The molecule has 2 aromatic rings. The number of rotatable bonds is 9. The van der Waals surface area contributed by atoms with Crippen LogP contribution in [0.3, 0.4) is 0 Å². The van der Waals surface area contributed by atoms with Gasteiger partial charge in [0, 0.05) is 15.4 Å². The van der Waals surface area contributed by atoms with Gasteiger partial charge in [-0.15, -0.1) is 0 Å². The molecule has 0 spiro atoms. The third-order valence-electron chi connectivity index (χ3n) is 7.68. The highest BCUT2D eigenvalue weighted by atomic mass is 32.2. The molecule has 0 amide bonds. The molecule has 2 aromatic carbocycles. The van der Waals surface area contributed by atoms with Crippen LogP contribution < -0.4 is 4.74 Å². The van der Waals surface area contributed by atoms with E-state index in [0.717, 1.165) is 46.8 Å². The Kier molecular flexibility index (Phi) is 8.29. The van der Waals surface area contributed by atoms with Crippen molar-refractivity contribution in [3.63, 3.8) is 0 Å². The van der Waals surface area contributed by atoms with Crippen LogP contribution in [0.25, 0.3) is 0 Å². The molecule has 4 heteroatoms. The average molecular weight is 481 g/mol. The third kappa shape index (κ3) is 6.19. The van der Waals surface area contributed by atoms with E-state index in [4.69, 9.17) is 9.47 Å². The molecule has 0 radical (unpaired) electrons. The molecule has 2 saturated carbocycles. The van der Waals surface area contributed by atoms with Gasteiger partial charge in [-0.1, -0.05) is 51.1 Å². The van der Waals surface area contributed by atoms with E-state index < -0.39 is 0 Å². The second-order valence-corrected chi connectivity index (χ2v) is 12.0. The van der Waals surface area contributed by atoms with E-state index in [1.807, 2.05) is 12.1 Å². The summed E-state index contributed by atoms with van der Waals surface area (Å²) in [6.07, 6.45) is 8.94. The highest BCUT2D eigenvalue weighted by Gasteiger charge is 2.43. The lowest BCUT2D eigenvalue weighted by molar-refractivity contribution is -0.142. The highest BCUT2D eigenvalue weighted by Crippen LogP contribution is 2.53. The second-order valence-electron chi connectivity index (χ2n) is 10.9. The summed E-state index contributed by atoms with van der Waals surface area (Å²) >= 11 is 1.76. The Morgan fingerprint density at radius 3 is 2.50 bits per heavy atom. The lowest BCUT2D eigenvalue weighted by atomic mass is 9.57.